The van der Waals surface area contributed by atoms with E-state index in [-0.39, 0.29) is 34.9 Å². The summed E-state index contributed by atoms with van der Waals surface area (Å²) in [7, 11) is -3.13. The summed E-state index contributed by atoms with van der Waals surface area (Å²) in [4.78, 5) is 9.33. The number of hydrogen-bond acceptors (Lipinski definition) is 7. The Kier molecular flexibility index (Phi) is 5.50. The van der Waals surface area contributed by atoms with Crippen LogP contribution >= 0.6 is 0 Å². The molecule has 1 aromatic carbocycles. The molecule has 0 saturated heterocycles. The smallest absolute Gasteiger partial charge is 0.199 e. The van der Waals surface area contributed by atoms with Crippen LogP contribution in [-0.2, 0) is 21.8 Å². The molecule has 6 rings (SSSR count). The highest BCUT2D eigenvalue weighted by Crippen LogP contribution is 2.69. The Balaban J connectivity index is 1.41. The second-order valence-corrected chi connectivity index (χ2v) is 13.0. The maximum Gasteiger partial charge on any atom is 0.199 e. The molecule has 0 spiro atoms. The summed E-state index contributed by atoms with van der Waals surface area (Å²) in [6, 6.07) is 11.2. The van der Waals surface area contributed by atoms with E-state index in [0.29, 0.717) is 11.5 Å². The summed E-state index contributed by atoms with van der Waals surface area (Å²) in [5, 5.41) is 13.3. The van der Waals surface area contributed by atoms with Gasteiger partial charge >= 0.3 is 0 Å². The fraction of sp³-hybridized carbons (Fsp3) is 0.370. The number of sulfone groups is 1. The van der Waals surface area contributed by atoms with E-state index in [2.05, 4.69) is 34.1 Å². The fourth-order valence-electron chi connectivity index (χ4n) is 6.33. The largest absolute Gasteiger partial charge is 0.251 e. The minimum atomic E-state index is -3.13. The van der Waals surface area contributed by atoms with E-state index in [0.717, 1.165) is 29.8 Å². The van der Waals surface area contributed by atoms with Crippen LogP contribution in [0.4, 0.5) is 8.78 Å². The van der Waals surface area contributed by atoms with Crippen molar-refractivity contribution in [1.82, 2.24) is 29.9 Å². The van der Waals surface area contributed by atoms with Gasteiger partial charge in [-0.15, -0.1) is 10.2 Å². The van der Waals surface area contributed by atoms with Gasteiger partial charge in [-0.25, -0.2) is 27.2 Å². The summed E-state index contributed by atoms with van der Waals surface area (Å²) in [6.45, 7) is 4.57. The molecule has 2 aliphatic rings. The maximum atomic E-state index is 14.5. The number of pyridine rings is 1. The highest BCUT2D eigenvalue weighted by atomic mass is 32.2. The molecule has 0 aliphatic heterocycles. The van der Waals surface area contributed by atoms with Gasteiger partial charge in [0.25, 0.3) is 0 Å². The first-order valence-corrected chi connectivity index (χ1v) is 14.4. The summed E-state index contributed by atoms with van der Waals surface area (Å²) in [6.07, 6.45) is 4.38. The van der Waals surface area contributed by atoms with Crippen LogP contribution in [0.5, 0.6) is 0 Å². The average molecular weight is 537 g/mol. The van der Waals surface area contributed by atoms with Crippen molar-refractivity contribution in [2.45, 2.75) is 44.6 Å². The topological polar surface area (TPSA) is 104 Å². The molecule has 0 N–H and O–H groups in total. The lowest BCUT2D eigenvalue weighted by Gasteiger charge is -2.37. The molecule has 11 heteroatoms. The highest BCUT2D eigenvalue weighted by molar-refractivity contribution is 7.90. The van der Waals surface area contributed by atoms with Gasteiger partial charge in [0.05, 0.1) is 40.4 Å². The van der Waals surface area contributed by atoms with Crippen LogP contribution in [-0.4, -0.2) is 50.4 Å². The molecule has 1 fully saturated rings. The quantitative estimate of drug-likeness (QED) is 0.361. The van der Waals surface area contributed by atoms with Gasteiger partial charge in [-0.2, -0.15) is 5.10 Å². The lowest BCUT2D eigenvalue weighted by atomic mass is 9.66. The van der Waals surface area contributed by atoms with Crippen LogP contribution in [0.15, 0.2) is 48.8 Å². The van der Waals surface area contributed by atoms with Gasteiger partial charge in [-0.05, 0) is 60.1 Å². The van der Waals surface area contributed by atoms with Crippen molar-refractivity contribution in [3.05, 3.63) is 77.4 Å². The second-order valence-electron chi connectivity index (χ2n) is 10.7. The van der Waals surface area contributed by atoms with E-state index in [9.17, 15) is 17.2 Å². The molecule has 0 amide bonds. The van der Waals surface area contributed by atoms with Crippen molar-refractivity contribution in [2.24, 2.45) is 5.41 Å². The van der Waals surface area contributed by atoms with Crippen molar-refractivity contribution in [3.63, 3.8) is 0 Å². The Morgan fingerprint density at radius 1 is 1.05 bits per heavy atom. The van der Waals surface area contributed by atoms with Crippen molar-refractivity contribution < 1.29 is 17.2 Å². The normalized spacial score (nSPS) is 21.6. The van der Waals surface area contributed by atoms with Gasteiger partial charge in [0.2, 0.25) is 0 Å². The third-order valence-corrected chi connectivity index (χ3v) is 9.17. The predicted octanol–water partition coefficient (Wildman–Crippen LogP) is 4.32. The van der Waals surface area contributed by atoms with Crippen LogP contribution < -0.4 is 0 Å². The van der Waals surface area contributed by atoms with Crippen LogP contribution in [0, 0.1) is 17.0 Å². The van der Waals surface area contributed by atoms with Gasteiger partial charge in [0.15, 0.2) is 5.82 Å². The Hall–Kier alpha value is -3.60. The van der Waals surface area contributed by atoms with Crippen LogP contribution in [0.3, 0.4) is 0 Å². The lowest BCUT2D eigenvalue weighted by molar-refractivity contribution is 0.243. The van der Waals surface area contributed by atoms with E-state index in [1.165, 1.54) is 35.5 Å². The summed E-state index contributed by atoms with van der Waals surface area (Å²) < 4.78 is 53.6. The molecule has 3 heterocycles. The van der Waals surface area contributed by atoms with Crippen molar-refractivity contribution in [1.29, 1.82) is 0 Å². The number of nitrogens with zero attached hydrogens (tertiary/aromatic N) is 6. The SMILES string of the molecule is CC1(C)[C@H]2CC[C@]1(c1cccc(-c3ncn(CCS(C)(=O)=O)n3)n1)c1nnc(-c3c(F)cccc3F)cc12. The Labute approximate surface area is 219 Å². The molecule has 2 atom stereocenters. The van der Waals surface area contributed by atoms with Gasteiger partial charge in [-0.1, -0.05) is 26.0 Å². The Morgan fingerprint density at radius 3 is 2.53 bits per heavy atom. The van der Waals surface area contributed by atoms with Gasteiger partial charge in [-0.3, -0.25) is 4.68 Å². The number of benzene rings is 1. The van der Waals surface area contributed by atoms with Gasteiger partial charge in [0.1, 0.15) is 33.5 Å². The maximum absolute atomic E-state index is 14.5. The third kappa shape index (κ3) is 3.66. The van der Waals surface area contributed by atoms with E-state index >= 15 is 0 Å². The van der Waals surface area contributed by atoms with E-state index in [1.807, 2.05) is 18.2 Å². The zero-order valence-corrected chi connectivity index (χ0v) is 22.0. The standard InChI is InChI=1S/C27H26F2N6O2S/c1-26(2)17-10-11-27(26,24-16(17)14-21(32-33-24)23-18(28)6-4-7-19(23)29)22-9-5-8-20(31-22)25-30-15-35(34-25)12-13-38(3,36)37/h4-9,14-15,17H,10-13H2,1-3H3/t17-,27-/m0/s1. The molecule has 3 aromatic heterocycles. The summed E-state index contributed by atoms with van der Waals surface area (Å²) >= 11 is 0. The minimum absolute atomic E-state index is 0.0316. The molecule has 196 valence electrons. The van der Waals surface area contributed by atoms with E-state index in [4.69, 9.17) is 4.98 Å². The molecule has 0 radical (unpaired) electrons. The predicted molar refractivity (Wildman–Crippen MR) is 137 cm³/mol. The van der Waals surface area contributed by atoms with Crippen molar-refractivity contribution in [2.75, 3.05) is 12.0 Å². The monoisotopic (exact) mass is 536 g/mol. The highest BCUT2D eigenvalue weighted by Gasteiger charge is 2.65. The summed E-state index contributed by atoms with van der Waals surface area (Å²) in [5.41, 5.74) is 2.32. The first-order valence-electron chi connectivity index (χ1n) is 12.4. The number of hydrogen-bond donors (Lipinski definition) is 0. The first-order chi connectivity index (χ1) is 18.0. The Bertz CT molecular complexity index is 1670. The van der Waals surface area contributed by atoms with Crippen LogP contribution in [0.2, 0.25) is 0 Å². The number of aryl methyl sites for hydroxylation is 1. The third-order valence-electron chi connectivity index (χ3n) is 8.24. The van der Waals surface area contributed by atoms with Crippen molar-refractivity contribution in [3.8, 4) is 22.8 Å². The first kappa shape index (κ1) is 24.7. The van der Waals surface area contributed by atoms with Crippen LogP contribution in [0.1, 0.15) is 49.6 Å². The zero-order chi connectivity index (χ0) is 26.9. The minimum Gasteiger partial charge on any atom is -0.251 e. The molecule has 4 aromatic rings. The number of fused-ring (bicyclic) bond motifs is 5. The second kappa shape index (κ2) is 8.45. The molecule has 2 aliphatic carbocycles. The molecule has 2 bridgehead atoms. The number of aromatic nitrogens is 6. The fourth-order valence-corrected chi connectivity index (χ4v) is 6.85. The summed E-state index contributed by atoms with van der Waals surface area (Å²) in [5.74, 6) is -0.849. The average Bonchev–Trinajstić information content (AvgIpc) is 3.50. The van der Waals surface area contributed by atoms with Crippen LogP contribution in [0.25, 0.3) is 22.8 Å². The molecule has 0 unspecified atom stereocenters. The molecule has 8 nitrogen and oxygen atoms in total. The molecule has 1 saturated carbocycles. The van der Waals surface area contributed by atoms with E-state index < -0.39 is 26.9 Å². The van der Waals surface area contributed by atoms with E-state index in [1.54, 1.807) is 6.07 Å². The van der Waals surface area contributed by atoms with Gasteiger partial charge in [0, 0.05) is 6.26 Å². The Morgan fingerprint density at radius 2 is 1.79 bits per heavy atom. The molecular formula is C27H26F2N6O2S. The van der Waals surface area contributed by atoms with Crippen molar-refractivity contribution >= 4 is 9.84 Å². The molecular weight excluding hydrogens is 510 g/mol. The zero-order valence-electron chi connectivity index (χ0n) is 21.2. The molecule has 38 heavy (non-hydrogen) atoms. The lowest BCUT2D eigenvalue weighted by Crippen LogP contribution is -2.37. The number of halogens is 2. The number of rotatable bonds is 6. The van der Waals surface area contributed by atoms with Gasteiger partial charge < -0.3 is 0 Å².